The number of fused-ring (bicyclic) bond motifs is 1. The topological polar surface area (TPSA) is 67.8 Å². The van der Waals surface area contributed by atoms with Crippen molar-refractivity contribution in [1.82, 2.24) is 5.32 Å². The fourth-order valence-electron chi connectivity index (χ4n) is 2.07. The smallest absolute Gasteiger partial charge is 0.328 e. The number of benzene rings is 1. The van der Waals surface area contributed by atoms with Crippen LogP contribution in [0.2, 0.25) is 0 Å². The highest BCUT2D eigenvalue weighted by atomic mass is 16.7. The van der Waals surface area contributed by atoms with Gasteiger partial charge in [-0.1, -0.05) is 13.0 Å². The molecule has 0 spiro atoms. The SMILES string of the molecule is CCC(C)NC(C)(C(=O)O)c1ccc2c(c1)OCO2. The molecule has 19 heavy (non-hydrogen) atoms. The van der Waals surface area contributed by atoms with Crippen molar-refractivity contribution in [2.24, 2.45) is 0 Å². The molecule has 0 aromatic heterocycles. The summed E-state index contributed by atoms with van der Waals surface area (Å²) < 4.78 is 10.5. The number of carboxylic acid groups (broad SMARTS) is 1. The Labute approximate surface area is 112 Å². The maximum absolute atomic E-state index is 11.6. The molecule has 2 unspecified atom stereocenters. The third-order valence-corrected chi connectivity index (χ3v) is 3.53. The van der Waals surface area contributed by atoms with Crippen molar-refractivity contribution < 1.29 is 19.4 Å². The lowest BCUT2D eigenvalue weighted by Crippen LogP contribution is -2.50. The first kappa shape index (κ1) is 13.7. The van der Waals surface area contributed by atoms with E-state index in [1.165, 1.54) is 0 Å². The van der Waals surface area contributed by atoms with Gasteiger partial charge in [0.15, 0.2) is 11.5 Å². The van der Waals surface area contributed by atoms with Crippen LogP contribution in [-0.2, 0) is 10.3 Å². The van der Waals surface area contributed by atoms with Crippen molar-refractivity contribution in [3.63, 3.8) is 0 Å². The van der Waals surface area contributed by atoms with E-state index in [1.807, 2.05) is 13.8 Å². The van der Waals surface area contributed by atoms with Crippen LogP contribution in [0.4, 0.5) is 0 Å². The molecule has 1 aromatic carbocycles. The zero-order valence-corrected chi connectivity index (χ0v) is 11.4. The molecular formula is C14H19NO4. The van der Waals surface area contributed by atoms with Crippen molar-refractivity contribution >= 4 is 5.97 Å². The van der Waals surface area contributed by atoms with Crippen LogP contribution in [0.15, 0.2) is 18.2 Å². The van der Waals surface area contributed by atoms with Crippen LogP contribution in [0.5, 0.6) is 11.5 Å². The normalized spacial score (nSPS) is 17.8. The van der Waals surface area contributed by atoms with Crippen molar-refractivity contribution in [2.45, 2.75) is 38.8 Å². The molecule has 0 aliphatic carbocycles. The van der Waals surface area contributed by atoms with Crippen molar-refractivity contribution in [3.05, 3.63) is 23.8 Å². The highest BCUT2D eigenvalue weighted by Crippen LogP contribution is 2.36. The highest BCUT2D eigenvalue weighted by Gasteiger charge is 2.37. The minimum Gasteiger partial charge on any atom is -0.480 e. The van der Waals surface area contributed by atoms with Crippen LogP contribution < -0.4 is 14.8 Å². The number of hydrogen-bond donors (Lipinski definition) is 2. The summed E-state index contributed by atoms with van der Waals surface area (Å²) >= 11 is 0. The van der Waals surface area contributed by atoms with Gasteiger partial charge >= 0.3 is 5.97 Å². The summed E-state index contributed by atoms with van der Waals surface area (Å²) in [5.41, 5.74) is -0.485. The number of hydrogen-bond acceptors (Lipinski definition) is 4. The summed E-state index contributed by atoms with van der Waals surface area (Å²) in [6, 6.07) is 5.34. The fourth-order valence-corrected chi connectivity index (χ4v) is 2.07. The molecule has 5 nitrogen and oxygen atoms in total. The van der Waals surface area contributed by atoms with Gasteiger partial charge in [0.2, 0.25) is 6.79 Å². The van der Waals surface area contributed by atoms with E-state index in [9.17, 15) is 9.90 Å². The Morgan fingerprint density at radius 2 is 2.16 bits per heavy atom. The average molecular weight is 265 g/mol. The Morgan fingerprint density at radius 1 is 1.47 bits per heavy atom. The van der Waals surface area contributed by atoms with Crippen LogP contribution >= 0.6 is 0 Å². The molecule has 104 valence electrons. The largest absolute Gasteiger partial charge is 0.480 e. The van der Waals surface area contributed by atoms with Crippen LogP contribution in [0.25, 0.3) is 0 Å². The molecule has 0 amide bonds. The summed E-state index contributed by atoms with van der Waals surface area (Å²) in [5.74, 6) is 0.336. The maximum Gasteiger partial charge on any atom is 0.328 e. The van der Waals surface area contributed by atoms with E-state index in [1.54, 1.807) is 25.1 Å². The molecule has 1 aromatic rings. The van der Waals surface area contributed by atoms with Crippen LogP contribution in [-0.4, -0.2) is 23.9 Å². The lowest BCUT2D eigenvalue weighted by Gasteiger charge is -2.30. The Kier molecular flexibility index (Phi) is 3.66. The Balaban J connectivity index is 2.36. The van der Waals surface area contributed by atoms with Crippen molar-refractivity contribution in [3.8, 4) is 11.5 Å². The third-order valence-electron chi connectivity index (χ3n) is 3.53. The molecule has 5 heteroatoms. The first-order valence-corrected chi connectivity index (χ1v) is 6.38. The lowest BCUT2D eigenvalue weighted by atomic mass is 9.90. The quantitative estimate of drug-likeness (QED) is 0.853. The molecule has 0 saturated carbocycles. The molecule has 2 N–H and O–H groups in total. The predicted molar refractivity (Wildman–Crippen MR) is 70.4 cm³/mol. The summed E-state index contributed by atoms with van der Waals surface area (Å²) in [7, 11) is 0. The van der Waals surface area contributed by atoms with Gasteiger partial charge < -0.3 is 14.6 Å². The predicted octanol–water partition coefficient (Wildman–Crippen LogP) is 2.10. The second-order valence-corrected chi connectivity index (χ2v) is 4.95. The molecule has 1 aliphatic heterocycles. The minimum atomic E-state index is -1.14. The van der Waals surface area contributed by atoms with Gasteiger partial charge in [0.05, 0.1) is 0 Å². The summed E-state index contributed by atoms with van der Waals surface area (Å²) in [5, 5.41) is 12.7. The molecule has 0 radical (unpaired) electrons. The van der Waals surface area contributed by atoms with Gasteiger partial charge in [-0.05, 0) is 38.0 Å². The maximum atomic E-state index is 11.6. The number of ether oxygens (including phenoxy) is 2. The van der Waals surface area contributed by atoms with Gasteiger partial charge in [0.25, 0.3) is 0 Å². The molecule has 2 rings (SSSR count). The monoisotopic (exact) mass is 265 g/mol. The zero-order valence-electron chi connectivity index (χ0n) is 11.4. The summed E-state index contributed by atoms with van der Waals surface area (Å²) in [6.45, 7) is 5.83. The van der Waals surface area contributed by atoms with E-state index in [2.05, 4.69) is 5.32 Å². The molecule has 0 bridgehead atoms. The molecule has 0 fully saturated rings. The molecular weight excluding hydrogens is 246 g/mol. The summed E-state index contributed by atoms with van der Waals surface area (Å²) in [6.07, 6.45) is 0.855. The second-order valence-electron chi connectivity index (χ2n) is 4.95. The number of aliphatic carboxylic acids is 1. The number of carbonyl (C=O) groups is 1. The summed E-state index contributed by atoms with van der Waals surface area (Å²) in [4.78, 5) is 11.6. The van der Waals surface area contributed by atoms with Gasteiger partial charge in [0.1, 0.15) is 5.54 Å². The van der Waals surface area contributed by atoms with E-state index in [0.717, 1.165) is 6.42 Å². The highest BCUT2D eigenvalue weighted by molar-refractivity contribution is 5.80. The van der Waals surface area contributed by atoms with E-state index < -0.39 is 11.5 Å². The first-order valence-electron chi connectivity index (χ1n) is 6.38. The van der Waals surface area contributed by atoms with Crippen LogP contribution in [0.3, 0.4) is 0 Å². The minimum absolute atomic E-state index is 0.103. The van der Waals surface area contributed by atoms with Gasteiger partial charge in [-0.2, -0.15) is 0 Å². The van der Waals surface area contributed by atoms with Crippen molar-refractivity contribution in [2.75, 3.05) is 6.79 Å². The van der Waals surface area contributed by atoms with Crippen LogP contribution in [0, 0.1) is 0 Å². The standard InChI is InChI=1S/C14H19NO4/c1-4-9(2)15-14(3,13(16)17)10-5-6-11-12(7-10)19-8-18-11/h5-7,9,15H,4,8H2,1-3H3,(H,16,17). The molecule has 1 aliphatic rings. The average Bonchev–Trinajstić information content (AvgIpc) is 2.85. The Bertz CT molecular complexity index is 488. The van der Waals surface area contributed by atoms with E-state index in [-0.39, 0.29) is 12.8 Å². The zero-order chi connectivity index (χ0) is 14.0. The first-order chi connectivity index (χ1) is 8.97. The number of rotatable bonds is 5. The fraction of sp³-hybridized carbons (Fsp3) is 0.500. The van der Waals surface area contributed by atoms with Gasteiger partial charge in [-0.3, -0.25) is 5.32 Å². The van der Waals surface area contributed by atoms with Gasteiger partial charge in [-0.25, -0.2) is 4.79 Å². The molecule has 1 heterocycles. The van der Waals surface area contributed by atoms with Gasteiger partial charge in [0, 0.05) is 6.04 Å². The third kappa shape index (κ3) is 2.51. The molecule has 2 atom stereocenters. The van der Waals surface area contributed by atoms with E-state index in [4.69, 9.17) is 9.47 Å². The second kappa shape index (κ2) is 5.09. The van der Waals surface area contributed by atoms with E-state index in [0.29, 0.717) is 17.1 Å². The molecule has 0 saturated heterocycles. The number of nitrogens with one attached hydrogen (secondary N) is 1. The lowest BCUT2D eigenvalue weighted by molar-refractivity contribution is -0.145. The van der Waals surface area contributed by atoms with E-state index >= 15 is 0 Å². The van der Waals surface area contributed by atoms with Crippen molar-refractivity contribution in [1.29, 1.82) is 0 Å². The number of carboxylic acids is 1. The Hall–Kier alpha value is -1.75. The van der Waals surface area contributed by atoms with Gasteiger partial charge in [-0.15, -0.1) is 0 Å². The Morgan fingerprint density at radius 3 is 2.79 bits per heavy atom. The van der Waals surface area contributed by atoms with Crippen LogP contribution in [0.1, 0.15) is 32.8 Å².